The quantitative estimate of drug-likeness (QED) is 0.867. The highest BCUT2D eigenvalue weighted by Crippen LogP contribution is 2.26. The number of likely N-dealkylation sites (tertiary alicyclic amines) is 1. The van der Waals surface area contributed by atoms with Crippen LogP contribution in [0.15, 0.2) is 4.52 Å². The molecule has 3 rings (SSSR count). The average Bonchev–Trinajstić information content (AvgIpc) is 3.00. The standard InChI is InChI=1S/C15H25N5O2/c1-12-17-15(22-18-12)13-2-7-19(8-3-13)9-4-14(21)20-10-5-16-6-11-20/h13,16H,2-11H2,1H3. The lowest BCUT2D eigenvalue weighted by molar-refractivity contribution is -0.132. The number of amides is 1. The van der Waals surface area contributed by atoms with E-state index in [4.69, 9.17) is 4.52 Å². The van der Waals surface area contributed by atoms with Gasteiger partial charge >= 0.3 is 0 Å². The van der Waals surface area contributed by atoms with Crippen LogP contribution in [-0.2, 0) is 4.79 Å². The molecule has 22 heavy (non-hydrogen) atoms. The van der Waals surface area contributed by atoms with Crippen LogP contribution in [0, 0.1) is 6.92 Å². The SMILES string of the molecule is Cc1noc(C2CCN(CCC(=O)N3CCNCC3)CC2)n1. The molecule has 2 aliphatic rings. The van der Waals surface area contributed by atoms with Crippen LogP contribution in [-0.4, -0.2) is 71.7 Å². The van der Waals surface area contributed by atoms with E-state index in [2.05, 4.69) is 20.4 Å². The van der Waals surface area contributed by atoms with Crippen LogP contribution in [0.3, 0.4) is 0 Å². The predicted molar refractivity (Wildman–Crippen MR) is 81.5 cm³/mol. The topological polar surface area (TPSA) is 74.5 Å². The Labute approximate surface area is 131 Å². The maximum absolute atomic E-state index is 12.2. The summed E-state index contributed by atoms with van der Waals surface area (Å²) in [5.41, 5.74) is 0. The molecule has 7 heteroatoms. The van der Waals surface area contributed by atoms with Crippen LogP contribution in [0.1, 0.15) is 36.9 Å². The smallest absolute Gasteiger partial charge is 0.229 e. The van der Waals surface area contributed by atoms with Crippen molar-refractivity contribution in [1.82, 2.24) is 25.3 Å². The molecule has 0 radical (unpaired) electrons. The highest BCUT2D eigenvalue weighted by atomic mass is 16.5. The number of aryl methyl sites for hydroxylation is 1. The Balaban J connectivity index is 1.39. The molecule has 0 saturated carbocycles. The van der Waals surface area contributed by atoms with Gasteiger partial charge in [-0.15, -0.1) is 0 Å². The molecular weight excluding hydrogens is 282 g/mol. The molecule has 122 valence electrons. The van der Waals surface area contributed by atoms with Crippen molar-refractivity contribution in [1.29, 1.82) is 0 Å². The first-order valence-corrected chi connectivity index (χ1v) is 8.23. The second-order valence-corrected chi connectivity index (χ2v) is 6.18. The number of piperidine rings is 1. The van der Waals surface area contributed by atoms with Gasteiger partial charge in [0.25, 0.3) is 0 Å². The van der Waals surface area contributed by atoms with E-state index in [1.54, 1.807) is 0 Å². The molecule has 2 fully saturated rings. The largest absolute Gasteiger partial charge is 0.340 e. The number of carbonyl (C=O) groups excluding carboxylic acids is 1. The van der Waals surface area contributed by atoms with Crippen molar-refractivity contribution in [3.8, 4) is 0 Å². The van der Waals surface area contributed by atoms with Gasteiger partial charge in [0, 0.05) is 45.1 Å². The summed E-state index contributed by atoms with van der Waals surface area (Å²) in [6.07, 6.45) is 2.69. The number of hydrogen-bond acceptors (Lipinski definition) is 6. The third-order valence-electron chi connectivity index (χ3n) is 4.59. The van der Waals surface area contributed by atoms with E-state index < -0.39 is 0 Å². The van der Waals surface area contributed by atoms with Crippen LogP contribution in [0.2, 0.25) is 0 Å². The van der Waals surface area contributed by atoms with Gasteiger partial charge in [0.1, 0.15) is 0 Å². The van der Waals surface area contributed by atoms with Crippen LogP contribution in [0.5, 0.6) is 0 Å². The lowest BCUT2D eigenvalue weighted by atomic mass is 9.96. The van der Waals surface area contributed by atoms with E-state index in [-0.39, 0.29) is 5.91 Å². The van der Waals surface area contributed by atoms with Crippen LogP contribution in [0.4, 0.5) is 0 Å². The molecule has 7 nitrogen and oxygen atoms in total. The number of nitrogens with zero attached hydrogens (tertiary/aromatic N) is 4. The first-order chi connectivity index (χ1) is 10.7. The minimum atomic E-state index is 0.288. The average molecular weight is 307 g/mol. The molecule has 3 heterocycles. The van der Waals surface area contributed by atoms with Gasteiger partial charge < -0.3 is 19.6 Å². The van der Waals surface area contributed by atoms with E-state index in [9.17, 15) is 4.79 Å². The Kier molecular flexibility index (Phi) is 5.04. The second kappa shape index (κ2) is 7.19. The third kappa shape index (κ3) is 3.84. The van der Waals surface area contributed by atoms with Crippen LogP contribution < -0.4 is 5.32 Å². The van der Waals surface area contributed by atoms with Crippen molar-refractivity contribution < 1.29 is 9.32 Å². The number of hydrogen-bond donors (Lipinski definition) is 1. The van der Waals surface area contributed by atoms with Gasteiger partial charge in [-0.3, -0.25) is 4.79 Å². The van der Waals surface area contributed by atoms with Crippen molar-refractivity contribution in [2.24, 2.45) is 0 Å². The van der Waals surface area contributed by atoms with E-state index in [0.29, 0.717) is 18.2 Å². The lowest BCUT2D eigenvalue weighted by Gasteiger charge is -2.32. The molecule has 1 amide bonds. The molecule has 0 aromatic carbocycles. The number of aromatic nitrogens is 2. The fraction of sp³-hybridized carbons (Fsp3) is 0.800. The van der Waals surface area contributed by atoms with Crippen molar-refractivity contribution >= 4 is 5.91 Å². The first-order valence-electron chi connectivity index (χ1n) is 8.23. The summed E-state index contributed by atoms with van der Waals surface area (Å²) in [5.74, 6) is 2.14. The van der Waals surface area contributed by atoms with Gasteiger partial charge in [0.2, 0.25) is 11.8 Å². The summed E-state index contributed by atoms with van der Waals surface area (Å²) in [5, 5.41) is 7.14. The first kappa shape index (κ1) is 15.4. The Hall–Kier alpha value is -1.47. The fourth-order valence-electron chi connectivity index (χ4n) is 3.21. The Morgan fingerprint density at radius 3 is 2.64 bits per heavy atom. The van der Waals surface area contributed by atoms with Gasteiger partial charge in [-0.05, 0) is 32.9 Å². The van der Waals surface area contributed by atoms with E-state index in [1.165, 1.54) is 0 Å². The Bertz CT molecular complexity index is 490. The summed E-state index contributed by atoms with van der Waals surface area (Å²) < 4.78 is 5.27. The summed E-state index contributed by atoms with van der Waals surface area (Å²) in [6.45, 7) is 8.24. The zero-order valence-electron chi connectivity index (χ0n) is 13.3. The van der Waals surface area contributed by atoms with Crippen molar-refractivity contribution in [2.45, 2.75) is 32.1 Å². The van der Waals surface area contributed by atoms with Crippen molar-refractivity contribution in [3.63, 3.8) is 0 Å². The number of piperazine rings is 1. The zero-order chi connectivity index (χ0) is 15.4. The van der Waals surface area contributed by atoms with Gasteiger partial charge in [-0.25, -0.2) is 0 Å². The molecule has 2 aliphatic heterocycles. The second-order valence-electron chi connectivity index (χ2n) is 6.18. The Morgan fingerprint density at radius 1 is 1.27 bits per heavy atom. The maximum atomic E-state index is 12.2. The molecule has 2 saturated heterocycles. The zero-order valence-corrected chi connectivity index (χ0v) is 13.3. The van der Waals surface area contributed by atoms with Gasteiger partial charge in [0.15, 0.2) is 5.82 Å². The molecule has 1 aromatic heterocycles. The minimum absolute atomic E-state index is 0.288. The van der Waals surface area contributed by atoms with Crippen molar-refractivity contribution in [3.05, 3.63) is 11.7 Å². The Morgan fingerprint density at radius 2 is 2.00 bits per heavy atom. The summed E-state index contributed by atoms with van der Waals surface area (Å²) in [4.78, 5) is 20.9. The molecule has 0 aliphatic carbocycles. The van der Waals surface area contributed by atoms with E-state index in [1.807, 2.05) is 11.8 Å². The normalized spacial score (nSPS) is 21.2. The molecule has 0 spiro atoms. The van der Waals surface area contributed by atoms with Crippen LogP contribution >= 0.6 is 0 Å². The van der Waals surface area contributed by atoms with E-state index >= 15 is 0 Å². The highest BCUT2D eigenvalue weighted by molar-refractivity contribution is 5.76. The van der Waals surface area contributed by atoms with E-state index in [0.717, 1.165) is 64.5 Å². The number of rotatable bonds is 4. The molecule has 0 atom stereocenters. The highest BCUT2D eigenvalue weighted by Gasteiger charge is 2.25. The number of nitrogens with one attached hydrogen (secondary N) is 1. The molecule has 0 unspecified atom stereocenters. The van der Waals surface area contributed by atoms with Crippen molar-refractivity contribution in [2.75, 3.05) is 45.8 Å². The molecular formula is C15H25N5O2. The van der Waals surface area contributed by atoms with Gasteiger partial charge in [-0.1, -0.05) is 5.16 Å². The maximum Gasteiger partial charge on any atom is 0.229 e. The summed E-state index contributed by atoms with van der Waals surface area (Å²) >= 11 is 0. The monoisotopic (exact) mass is 307 g/mol. The van der Waals surface area contributed by atoms with Gasteiger partial charge in [-0.2, -0.15) is 4.98 Å². The van der Waals surface area contributed by atoms with Gasteiger partial charge in [0.05, 0.1) is 0 Å². The number of carbonyl (C=O) groups is 1. The lowest BCUT2D eigenvalue weighted by Crippen LogP contribution is -2.47. The molecule has 0 bridgehead atoms. The third-order valence-corrected chi connectivity index (χ3v) is 4.59. The predicted octanol–water partition coefficient (Wildman–Crippen LogP) is 0.379. The molecule has 1 N–H and O–H groups in total. The minimum Gasteiger partial charge on any atom is -0.340 e. The fourth-order valence-corrected chi connectivity index (χ4v) is 3.21. The molecule has 1 aromatic rings. The van der Waals surface area contributed by atoms with Crippen LogP contribution in [0.25, 0.3) is 0 Å². The summed E-state index contributed by atoms with van der Waals surface area (Å²) in [6, 6.07) is 0. The summed E-state index contributed by atoms with van der Waals surface area (Å²) in [7, 11) is 0.